The molecule has 4 N–H and O–H groups in total. The maximum atomic E-state index is 14.4. The molecule has 0 spiro atoms. The van der Waals surface area contributed by atoms with Crippen molar-refractivity contribution < 1.29 is 38.4 Å². The number of nitrogens with one attached hydrogen (secondary N) is 3. The van der Waals surface area contributed by atoms with Crippen LogP contribution in [-0.2, 0) is 4.74 Å². The topological polar surface area (TPSA) is 151 Å². The van der Waals surface area contributed by atoms with E-state index >= 15 is 0 Å². The summed E-state index contributed by atoms with van der Waals surface area (Å²) >= 11 is 0. The first-order valence-corrected chi connectivity index (χ1v) is 17.2. The number of urea groups is 2. The number of nitrogens with zero attached hydrogens (tertiary/aromatic N) is 2. The zero-order valence-corrected chi connectivity index (χ0v) is 30.3. The van der Waals surface area contributed by atoms with Crippen molar-refractivity contribution in [2.75, 3.05) is 63.5 Å². The highest BCUT2D eigenvalue weighted by atomic mass is 16.5. The molecule has 3 aromatic rings. The van der Waals surface area contributed by atoms with E-state index in [9.17, 15) is 19.5 Å². The first kappa shape index (κ1) is 38.8. The Bertz CT molecular complexity index is 1590. The average Bonchev–Trinajstić information content (AvgIpc) is 3.13. The number of hydrogen-bond acceptors (Lipinski definition) is 8. The third-order valence-corrected chi connectivity index (χ3v) is 8.80. The van der Waals surface area contributed by atoms with Gasteiger partial charge in [0.2, 0.25) is 0 Å². The van der Waals surface area contributed by atoms with Gasteiger partial charge in [0.05, 0.1) is 44.6 Å². The number of rotatable bonds is 9. The van der Waals surface area contributed by atoms with E-state index < -0.39 is 18.2 Å². The highest BCUT2D eigenvalue weighted by molar-refractivity contribution is 6.02. The van der Waals surface area contributed by atoms with E-state index in [0.717, 1.165) is 19.3 Å². The van der Waals surface area contributed by atoms with Gasteiger partial charge >= 0.3 is 12.1 Å². The smallest absolute Gasteiger partial charge is 0.323 e. The molecule has 13 heteroatoms. The minimum Gasteiger partial charge on any atom is -0.497 e. The maximum Gasteiger partial charge on any atom is 0.323 e. The monoisotopic (exact) mass is 705 g/mol. The molecular weight excluding hydrogens is 654 g/mol. The molecule has 13 nitrogen and oxygen atoms in total. The Hall–Kier alpha value is -5.01. The number of carbonyl (C=O) groups excluding carboxylic acids is 3. The van der Waals surface area contributed by atoms with Gasteiger partial charge in [0.1, 0.15) is 17.2 Å². The molecule has 5 amide bonds. The van der Waals surface area contributed by atoms with Crippen molar-refractivity contribution in [1.29, 1.82) is 0 Å². The van der Waals surface area contributed by atoms with Crippen LogP contribution in [0.3, 0.4) is 0 Å². The van der Waals surface area contributed by atoms with E-state index in [-0.39, 0.29) is 49.2 Å². The van der Waals surface area contributed by atoms with E-state index in [4.69, 9.17) is 18.9 Å². The van der Waals surface area contributed by atoms with Crippen LogP contribution in [0, 0.1) is 5.92 Å². The average molecular weight is 706 g/mol. The molecule has 3 aromatic carbocycles. The second-order valence-electron chi connectivity index (χ2n) is 12.9. The summed E-state index contributed by atoms with van der Waals surface area (Å²) in [6, 6.07) is 17.6. The van der Waals surface area contributed by atoms with Crippen molar-refractivity contribution in [1.82, 2.24) is 9.80 Å². The fourth-order valence-electron chi connectivity index (χ4n) is 5.68. The number of hydrogen-bond donors (Lipinski definition) is 4. The van der Waals surface area contributed by atoms with Crippen molar-refractivity contribution >= 4 is 35.0 Å². The van der Waals surface area contributed by atoms with Gasteiger partial charge in [-0.05, 0) is 99.8 Å². The lowest BCUT2D eigenvalue weighted by Crippen LogP contribution is -2.48. The molecule has 0 unspecified atom stereocenters. The summed E-state index contributed by atoms with van der Waals surface area (Å²) in [6.07, 6.45) is 1.72. The molecule has 51 heavy (non-hydrogen) atoms. The van der Waals surface area contributed by atoms with Crippen LogP contribution in [0.1, 0.15) is 50.4 Å². The van der Waals surface area contributed by atoms with Crippen LogP contribution in [0.2, 0.25) is 0 Å². The minimum absolute atomic E-state index is 0.206. The van der Waals surface area contributed by atoms with Crippen LogP contribution in [0.5, 0.6) is 17.2 Å². The Morgan fingerprint density at radius 1 is 0.922 bits per heavy atom. The van der Waals surface area contributed by atoms with Crippen molar-refractivity contribution in [3.8, 4) is 17.2 Å². The van der Waals surface area contributed by atoms with Gasteiger partial charge in [-0.2, -0.15) is 0 Å². The third-order valence-electron chi connectivity index (χ3n) is 8.80. The van der Waals surface area contributed by atoms with E-state index in [1.165, 1.54) is 0 Å². The number of aliphatic hydroxyl groups excluding tert-OH is 1. The molecule has 1 aliphatic rings. The summed E-state index contributed by atoms with van der Waals surface area (Å²) in [7, 11) is 4.85. The number of anilines is 3. The molecule has 1 heterocycles. The van der Waals surface area contributed by atoms with Gasteiger partial charge in [-0.15, -0.1) is 0 Å². The lowest BCUT2D eigenvalue weighted by atomic mass is 10.0. The predicted molar refractivity (Wildman–Crippen MR) is 197 cm³/mol. The van der Waals surface area contributed by atoms with Gasteiger partial charge in [-0.1, -0.05) is 6.92 Å². The van der Waals surface area contributed by atoms with Gasteiger partial charge in [-0.25, -0.2) is 9.59 Å². The molecule has 0 bridgehead atoms. The summed E-state index contributed by atoms with van der Waals surface area (Å²) in [5, 5.41) is 18.7. The zero-order valence-electron chi connectivity index (χ0n) is 30.3. The summed E-state index contributed by atoms with van der Waals surface area (Å²) < 4.78 is 23.1. The molecule has 1 aliphatic heterocycles. The van der Waals surface area contributed by atoms with Crippen molar-refractivity contribution in [3.05, 3.63) is 72.3 Å². The fraction of sp³-hybridized carbons (Fsp3) is 0.447. The SMILES string of the molecule is COc1ccc(NC(=O)Nc2ccc3c(c2)C(=O)N([C@H](C)CO)C[C@H](C)[C@@H](CN(C)C(=O)Nc2ccc(OC)cc2)OCCCC[C@H](C)O3)cc1. The number of carbonyl (C=O) groups is 3. The number of aliphatic hydroxyl groups is 1. The van der Waals surface area contributed by atoms with Crippen LogP contribution < -0.4 is 30.2 Å². The van der Waals surface area contributed by atoms with Crippen LogP contribution in [0.4, 0.5) is 26.7 Å². The lowest BCUT2D eigenvalue weighted by Gasteiger charge is -2.35. The molecule has 4 rings (SSSR count). The number of benzene rings is 3. The Morgan fingerprint density at radius 3 is 2.12 bits per heavy atom. The predicted octanol–water partition coefficient (Wildman–Crippen LogP) is 6.31. The van der Waals surface area contributed by atoms with Gasteiger partial charge in [0, 0.05) is 49.7 Å². The zero-order chi connectivity index (χ0) is 36.9. The molecule has 0 radical (unpaired) electrons. The molecular formula is C38H51N5O8. The molecule has 4 atom stereocenters. The van der Waals surface area contributed by atoms with E-state index in [1.807, 2.05) is 13.8 Å². The highest BCUT2D eigenvalue weighted by Gasteiger charge is 2.31. The van der Waals surface area contributed by atoms with Gasteiger partial charge < -0.3 is 49.8 Å². The third kappa shape index (κ3) is 11.2. The summed E-state index contributed by atoms with van der Waals surface area (Å²) in [5.74, 6) is 1.13. The first-order valence-electron chi connectivity index (χ1n) is 17.2. The number of likely N-dealkylation sites (N-methyl/N-ethyl adjacent to an activating group) is 1. The van der Waals surface area contributed by atoms with Crippen LogP contribution in [0.15, 0.2) is 66.7 Å². The van der Waals surface area contributed by atoms with Gasteiger partial charge in [0.15, 0.2) is 0 Å². The number of ether oxygens (including phenoxy) is 4. The van der Waals surface area contributed by atoms with Crippen LogP contribution in [-0.4, -0.2) is 98.7 Å². The van der Waals surface area contributed by atoms with Crippen LogP contribution in [0.25, 0.3) is 0 Å². The molecule has 0 aliphatic carbocycles. The van der Waals surface area contributed by atoms with Crippen molar-refractivity contribution in [2.24, 2.45) is 5.92 Å². The van der Waals surface area contributed by atoms with Crippen molar-refractivity contribution in [2.45, 2.75) is 58.3 Å². The maximum absolute atomic E-state index is 14.4. The molecule has 0 aromatic heterocycles. The Labute approximate surface area is 300 Å². The van der Waals surface area contributed by atoms with E-state index in [2.05, 4.69) is 16.0 Å². The normalized spacial score (nSPS) is 19.0. The summed E-state index contributed by atoms with van der Waals surface area (Å²) in [6.45, 7) is 6.38. The molecule has 0 saturated carbocycles. The van der Waals surface area contributed by atoms with Crippen LogP contribution >= 0.6 is 0 Å². The van der Waals surface area contributed by atoms with Gasteiger partial charge in [0.25, 0.3) is 5.91 Å². The largest absolute Gasteiger partial charge is 0.497 e. The second kappa shape index (κ2) is 18.8. The van der Waals surface area contributed by atoms with E-state index in [1.54, 1.807) is 105 Å². The molecule has 0 fully saturated rings. The lowest BCUT2D eigenvalue weighted by molar-refractivity contribution is -0.0115. The number of amides is 5. The van der Waals surface area contributed by atoms with E-state index in [0.29, 0.717) is 40.9 Å². The van der Waals surface area contributed by atoms with Gasteiger partial charge in [-0.3, -0.25) is 4.79 Å². The quantitative estimate of drug-likeness (QED) is 0.202. The standard InChI is InChI=1S/C38H51N5O8/c1-25-22-43(26(2)24-44)36(45)33-21-30(40-37(46)39-28-10-15-31(48-5)16-11-28)14-19-34(33)51-27(3)9-7-8-20-50-35(25)23-42(4)38(47)41-29-12-17-32(49-6)18-13-29/h10-19,21,25-27,35,44H,7-9,20,22-24H2,1-6H3,(H,41,47)(H2,39,40,46)/t25-,26+,27-,35+/m0/s1. The number of methoxy groups -OCH3 is 2. The minimum atomic E-state index is -0.551. The fourth-order valence-corrected chi connectivity index (χ4v) is 5.68. The van der Waals surface area contributed by atoms with Crippen molar-refractivity contribution in [3.63, 3.8) is 0 Å². The summed E-state index contributed by atoms with van der Waals surface area (Å²) in [4.78, 5) is 43.6. The molecule has 0 saturated heterocycles. The Balaban J connectivity index is 1.55. The Kier molecular flexibility index (Phi) is 14.3. The second-order valence-corrected chi connectivity index (χ2v) is 12.9. The highest BCUT2D eigenvalue weighted by Crippen LogP contribution is 2.29. The number of fused-ring (bicyclic) bond motifs is 1. The molecule has 276 valence electrons. The first-order chi connectivity index (χ1) is 24.5. The summed E-state index contributed by atoms with van der Waals surface area (Å²) in [5.41, 5.74) is 1.84. The Morgan fingerprint density at radius 2 is 1.51 bits per heavy atom.